The van der Waals surface area contributed by atoms with E-state index in [2.05, 4.69) is 11.4 Å². The predicted molar refractivity (Wildman–Crippen MR) is 111 cm³/mol. The number of carbonyl (C=O) groups is 1. The van der Waals surface area contributed by atoms with Gasteiger partial charge in [0.2, 0.25) is 0 Å². The SMILES string of the molecule is N#Cc1ccc(CCC(C2(O)CCNCC2)S(=O)(=O)c2ccc(C(=O)O)cc2)cc1. The molecule has 1 aliphatic heterocycles. The molecule has 0 radical (unpaired) electrons. The summed E-state index contributed by atoms with van der Waals surface area (Å²) in [5.74, 6) is -1.13. The van der Waals surface area contributed by atoms with Gasteiger partial charge in [-0.1, -0.05) is 12.1 Å². The molecular weight excluding hydrogens is 404 g/mol. The lowest BCUT2D eigenvalue weighted by molar-refractivity contribution is 0.00441. The molecule has 0 saturated carbocycles. The van der Waals surface area contributed by atoms with E-state index in [-0.39, 0.29) is 16.9 Å². The van der Waals surface area contributed by atoms with E-state index in [1.807, 2.05) is 0 Å². The van der Waals surface area contributed by atoms with Crippen LogP contribution in [-0.2, 0) is 16.3 Å². The van der Waals surface area contributed by atoms with Crippen LogP contribution in [0.15, 0.2) is 53.4 Å². The highest BCUT2D eigenvalue weighted by atomic mass is 32.2. The second-order valence-corrected chi connectivity index (χ2v) is 9.69. The van der Waals surface area contributed by atoms with Crippen LogP contribution in [0.4, 0.5) is 0 Å². The maximum absolute atomic E-state index is 13.5. The van der Waals surface area contributed by atoms with Crippen LogP contribution in [0.2, 0.25) is 0 Å². The predicted octanol–water partition coefficient (Wildman–Crippen LogP) is 2.15. The summed E-state index contributed by atoms with van der Waals surface area (Å²) in [6, 6.07) is 14.1. The molecule has 2 aromatic rings. The standard InChI is InChI=1S/C22H24N2O5S/c23-15-17-3-1-16(2-4-17)5-10-20(22(27)11-13-24-14-12-22)30(28,29)19-8-6-18(7-9-19)21(25)26/h1-4,6-9,20,24,27H,5,10-14H2,(H,25,26). The molecule has 0 aromatic heterocycles. The van der Waals surface area contributed by atoms with E-state index in [1.165, 1.54) is 24.3 Å². The monoisotopic (exact) mass is 428 g/mol. The van der Waals surface area contributed by atoms with Gasteiger partial charge in [-0.25, -0.2) is 13.2 Å². The Balaban J connectivity index is 1.91. The molecule has 2 aromatic carbocycles. The number of benzene rings is 2. The first-order valence-electron chi connectivity index (χ1n) is 9.76. The fourth-order valence-corrected chi connectivity index (χ4v) is 5.97. The molecule has 30 heavy (non-hydrogen) atoms. The first kappa shape index (κ1) is 22.0. The molecule has 3 N–H and O–H groups in total. The number of nitrogens with one attached hydrogen (secondary N) is 1. The smallest absolute Gasteiger partial charge is 0.335 e. The van der Waals surface area contributed by atoms with Crippen LogP contribution in [0.3, 0.4) is 0 Å². The van der Waals surface area contributed by atoms with E-state index in [9.17, 15) is 18.3 Å². The number of aryl methyl sites for hydroxylation is 1. The van der Waals surface area contributed by atoms with Gasteiger partial charge in [-0.15, -0.1) is 0 Å². The van der Waals surface area contributed by atoms with Gasteiger partial charge in [-0.3, -0.25) is 0 Å². The summed E-state index contributed by atoms with van der Waals surface area (Å²) < 4.78 is 26.9. The van der Waals surface area contributed by atoms with Crippen molar-refractivity contribution in [2.75, 3.05) is 13.1 Å². The molecule has 1 saturated heterocycles. The molecule has 0 spiro atoms. The number of nitrogens with zero attached hydrogens (tertiary/aromatic N) is 1. The Morgan fingerprint density at radius 1 is 1.10 bits per heavy atom. The van der Waals surface area contributed by atoms with Crippen LogP contribution in [-0.4, -0.2) is 48.5 Å². The van der Waals surface area contributed by atoms with E-state index in [1.54, 1.807) is 24.3 Å². The number of rotatable bonds is 7. The Kier molecular flexibility index (Phi) is 6.56. The first-order valence-corrected chi connectivity index (χ1v) is 11.3. The maximum Gasteiger partial charge on any atom is 0.335 e. The van der Waals surface area contributed by atoms with Gasteiger partial charge in [0.1, 0.15) is 0 Å². The number of carboxylic acid groups (broad SMARTS) is 1. The normalized spacial score (nSPS) is 17.1. The van der Waals surface area contributed by atoms with Crippen LogP contribution in [0.1, 0.15) is 40.7 Å². The molecule has 7 nitrogen and oxygen atoms in total. The third-order valence-corrected chi connectivity index (χ3v) is 8.00. The Hall–Kier alpha value is -2.73. The van der Waals surface area contributed by atoms with Gasteiger partial charge in [0.25, 0.3) is 0 Å². The maximum atomic E-state index is 13.5. The lowest BCUT2D eigenvalue weighted by Gasteiger charge is -2.39. The van der Waals surface area contributed by atoms with Crippen LogP contribution >= 0.6 is 0 Å². The number of sulfone groups is 1. The Labute approximate surface area is 175 Å². The Bertz CT molecular complexity index is 1030. The molecule has 0 aliphatic carbocycles. The number of aliphatic hydroxyl groups is 1. The van der Waals surface area contributed by atoms with Crippen molar-refractivity contribution >= 4 is 15.8 Å². The summed E-state index contributed by atoms with van der Waals surface area (Å²) in [6.07, 6.45) is 1.28. The van der Waals surface area contributed by atoms with Crippen molar-refractivity contribution in [3.05, 3.63) is 65.2 Å². The van der Waals surface area contributed by atoms with Crippen LogP contribution < -0.4 is 5.32 Å². The first-order chi connectivity index (χ1) is 14.3. The summed E-state index contributed by atoms with van der Waals surface area (Å²) in [4.78, 5) is 11.1. The zero-order valence-electron chi connectivity index (χ0n) is 16.4. The van der Waals surface area contributed by atoms with Gasteiger partial charge in [-0.05, 0) is 80.7 Å². The number of nitriles is 1. The molecule has 1 heterocycles. The van der Waals surface area contributed by atoms with Crippen molar-refractivity contribution < 1.29 is 23.4 Å². The molecular formula is C22H24N2O5S. The summed E-state index contributed by atoms with van der Waals surface area (Å²) >= 11 is 0. The van der Waals surface area contributed by atoms with Crippen LogP contribution in [0.5, 0.6) is 0 Å². The fourth-order valence-electron chi connectivity index (χ4n) is 3.89. The second-order valence-electron chi connectivity index (χ2n) is 7.56. The van der Waals surface area contributed by atoms with Crippen molar-refractivity contribution in [1.29, 1.82) is 5.26 Å². The lowest BCUT2D eigenvalue weighted by atomic mass is 9.86. The Morgan fingerprint density at radius 3 is 2.23 bits per heavy atom. The molecule has 1 atom stereocenters. The average molecular weight is 429 g/mol. The van der Waals surface area contributed by atoms with Gasteiger partial charge in [0.15, 0.2) is 9.84 Å². The molecule has 1 aliphatic rings. The van der Waals surface area contributed by atoms with E-state index in [0.29, 0.717) is 37.9 Å². The highest BCUT2D eigenvalue weighted by Crippen LogP contribution is 2.34. The highest BCUT2D eigenvalue weighted by molar-refractivity contribution is 7.92. The number of hydrogen-bond donors (Lipinski definition) is 3. The van der Waals surface area contributed by atoms with E-state index >= 15 is 0 Å². The minimum Gasteiger partial charge on any atom is -0.478 e. The quantitative estimate of drug-likeness (QED) is 0.616. The largest absolute Gasteiger partial charge is 0.478 e. The van der Waals surface area contributed by atoms with E-state index in [0.717, 1.165) is 5.56 Å². The summed E-state index contributed by atoms with van der Waals surface area (Å²) in [6.45, 7) is 1.05. The van der Waals surface area contributed by atoms with Crippen molar-refractivity contribution in [2.45, 2.75) is 41.4 Å². The molecule has 0 amide bonds. The van der Waals surface area contributed by atoms with Crippen LogP contribution in [0.25, 0.3) is 0 Å². The van der Waals surface area contributed by atoms with Crippen molar-refractivity contribution in [3.8, 4) is 6.07 Å². The average Bonchev–Trinajstić information content (AvgIpc) is 2.74. The van der Waals surface area contributed by atoms with Gasteiger partial charge in [0.05, 0.1) is 32.9 Å². The molecule has 8 heteroatoms. The Morgan fingerprint density at radius 2 is 1.70 bits per heavy atom. The second kappa shape index (κ2) is 8.96. The lowest BCUT2D eigenvalue weighted by Crippen LogP contribution is -2.53. The van der Waals surface area contributed by atoms with E-state index < -0.39 is 26.7 Å². The number of carboxylic acids is 1. The summed E-state index contributed by atoms with van der Waals surface area (Å²) in [5, 5.41) is 31.4. The molecule has 1 fully saturated rings. The van der Waals surface area contributed by atoms with Crippen LogP contribution in [0, 0.1) is 11.3 Å². The number of piperidine rings is 1. The fraction of sp³-hybridized carbons (Fsp3) is 0.364. The molecule has 0 bridgehead atoms. The van der Waals surface area contributed by atoms with Gasteiger partial charge in [-0.2, -0.15) is 5.26 Å². The topological polar surface area (TPSA) is 127 Å². The highest BCUT2D eigenvalue weighted by Gasteiger charge is 2.45. The molecule has 1 unspecified atom stereocenters. The van der Waals surface area contributed by atoms with Crippen molar-refractivity contribution in [3.63, 3.8) is 0 Å². The summed E-state index contributed by atoms with van der Waals surface area (Å²) in [5.41, 5.74) is 0.0392. The number of aromatic carboxylic acids is 1. The molecule has 158 valence electrons. The van der Waals surface area contributed by atoms with Crippen molar-refractivity contribution in [1.82, 2.24) is 5.32 Å². The van der Waals surface area contributed by atoms with Crippen molar-refractivity contribution in [2.24, 2.45) is 0 Å². The minimum absolute atomic E-state index is 0.00339. The van der Waals surface area contributed by atoms with Gasteiger partial charge in [0, 0.05) is 0 Å². The zero-order valence-corrected chi connectivity index (χ0v) is 17.2. The third-order valence-electron chi connectivity index (χ3n) is 5.65. The van der Waals surface area contributed by atoms with E-state index in [4.69, 9.17) is 10.4 Å². The molecule has 3 rings (SSSR count). The summed E-state index contributed by atoms with van der Waals surface area (Å²) in [7, 11) is -3.91. The van der Waals surface area contributed by atoms with Gasteiger partial charge >= 0.3 is 5.97 Å². The minimum atomic E-state index is -3.91. The zero-order chi connectivity index (χ0) is 21.8. The number of hydrogen-bond acceptors (Lipinski definition) is 6. The third kappa shape index (κ3) is 4.70. The van der Waals surface area contributed by atoms with Gasteiger partial charge < -0.3 is 15.5 Å².